The van der Waals surface area contributed by atoms with Crippen molar-refractivity contribution in [3.05, 3.63) is 120 Å². The summed E-state index contributed by atoms with van der Waals surface area (Å²) in [5, 5.41) is 11.3. The first-order valence-corrected chi connectivity index (χ1v) is 8.61. The number of hydrogen-bond donors (Lipinski definition) is 0. The Kier molecular flexibility index (Phi) is 4.66. The summed E-state index contributed by atoms with van der Waals surface area (Å²) in [5.41, 5.74) is 4.00. The zero-order valence-corrected chi connectivity index (χ0v) is 14.3. The van der Waals surface area contributed by atoms with Gasteiger partial charge in [0.05, 0.1) is 6.21 Å². The van der Waals surface area contributed by atoms with Crippen LogP contribution in [0.2, 0.25) is 0 Å². The van der Waals surface area contributed by atoms with Gasteiger partial charge < -0.3 is 0 Å². The van der Waals surface area contributed by atoms with Gasteiger partial charge >= 0.3 is 0 Å². The van der Waals surface area contributed by atoms with Crippen molar-refractivity contribution in [3.63, 3.8) is 0 Å². The highest BCUT2D eigenvalue weighted by atomic mass is 15.2. The molecule has 0 N–H and O–H groups in total. The fourth-order valence-corrected chi connectivity index (χ4v) is 2.92. The Morgan fingerprint density at radius 1 is 0.577 bits per heavy atom. The largest absolute Gasteiger partial charge is 0.158 e. The molecule has 0 spiro atoms. The molecule has 124 valence electrons. The van der Waals surface area contributed by atoms with Crippen LogP contribution >= 0.6 is 0 Å². The van der Waals surface area contributed by atoms with Crippen molar-refractivity contribution in [1.29, 1.82) is 0 Å². The standard InChI is InChI=1S/C24H18N2/c1-3-10-21(11-4-1)24(22-12-5-2-6-13-22)26-25-18-19-15-16-20-9-7-8-14-23(20)17-19/h1-18H/b25-18-. The zero-order valence-electron chi connectivity index (χ0n) is 14.3. The monoisotopic (exact) mass is 334 g/mol. The Balaban J connectivity index is 1.69. The smallest absolute Gasteiger partial charge is 0.100 e. The number of nitrogens with zero attached hydrogens (tertiary/aromatic N) is 2. The summed E-state index contributed by atoms with van der Waals surface area (Å²) in [6, 6.07) is 34.9. The van der Waals surface area contributed by atoms with Crippen LogP contribution in [0, 0.1) is 0 Å². The highest BCUT2D eigenvalue weighted by Gasteiger charge is 2.05. The molecular weight excluding hydrogens is 316 g/mol. The maximum Gasteiger partial charge on any atom is 0.100 e. The Morgan fingerprint density at radius 3 is 1.81 bits per heavy atom. The van der Waals surface area contributed by atoms with Crippen molar-refractivity contribution in [1.82, 2.24) is 0 Å². The molecule has 0 saturated carbocycles. The van der Waals surface area contributed by atoms with E-state index in [4.69, 9.17) is 0 Å². The zero-order chi connectivity index (χ0) is 17.6. The van der Waals surface area contributed by atoms with E-state index in [0.29, 0.717) is 0 Å². The summed E-state index contributed by atoms with van der Waals surface area (Å²) in [5.74, 6) is 0. The third-order valence-corrected chi connectivity index (χ3v) is 4.23. The van der Waals surface area contributed by atoms with Gasteiger partial charge in [-0.15, -0.1) is 5.10 Å². The fraction of sp³-hybridized carbons (Fsp3) is 0. The lowest BCUT2D eigenvalue weighted by atomic mass is 10.0. The predicted molar refractivity (Wildman–Crippen MR) is 110 cm³/mol. The molecule has 26 heavy (non-hydrogen) atoms. The molecule has 0 bridgehead atoms. The van der Waals surface area contributed by atoms with Gasteiger partial charge in [0.25, 0.3) is 0 Å². The molecule has 0 aliphatic carbocycles. The molecule has 2 heteroatoms. The van der Waals surface area contributed by atoms with Crippen molar-refractivity contribution in [2.75, 3.05) is 0 Å². The molecule has 0 saturated heterocycles. The van der Waals surface area contributed by atoms with E-state index < -0.39 is 0 Å². The third-order valence-electron chi connectivity index (χ3n) is 4.23. The van der Waals surface area contributed by atoms with Crippen LogP contribution in [-0.4, -0.2) is 11.9 Å². The minimum absolute atomic E-state index is 0.864. The lowest BCUT2D eigenvalue weighted by Crippen LogP contribution is -2.02. The lowest BCUT2D eigenvalue weighted by molar-refractivity contribution is 1.24. The second kappa shape index (κ2) is 7.58. The van der Waals surface area contributed by atoms with E-state index in [1.54, 1.807) is 6.21 Å². The number of hydrogen-bond acceptors (Lipinski definition) is 2. The molecule has 4 aromatic rings. The van der Waals surface area contributed by atoms with E-state index in [1.165, 1.54) is 10.8 Å². The van der Waals surface area contributed by atoms with Gasteiger partial charge in [-0.1, -0.05) is 97.1 Å². The van der Waals surface area contributed by atoms with E-state index in [-0.39, 0.29) is 0 Å². The van der Waals surface area contributed by atoms with Crippen LogP contribution in [0.25, 0.3) is 10.8 Å². The molecule has 0 heterocycles. The van der Waals surface area contributed by atoms with Gasteiger partial charge in [0.1, 0.15) is 5.71 Å². The van der Waals surface area contributed by atoms with Gasteiger partial charge in [-0.2, -0.15) is 5.10 Å². The fourth-order valence-electron chi connectivity index (χ4n) is 2.92. The summed E-state index contributed by atoms with van der Waals surface area (Å²) in [6.45, 7) is 0. The minimum Gasteiger partial charge on any atom is -0.158 e. The summed E-state index contributed by atoms with van der Waals surface area (Å²) in [6.07, 6.45) is 1.80. The summed E-state index contributed by atoms with van der Waals surface area (Å²) < 4.78 is 0. The van der Waals surface area contributed by atoms with Gasteiger partial charge in [-0.25, -0.2) is 0 Å². The van der Waals surface area contributed by atoms with E-state index >= 15 is 0 Å². The molecule has 4 rings (SSSR count). The van der Waals surface area contributed by atoms with Gasteiger partial charge in [-0.3, -0.25) is 0 Å². The second-order valence-corrected chi connectivity index (χ2v) is 6.03. The molecule has 0 aliphatic heterocycles. The lowest BCUT2D eigenvalue weighted by Gasteiger charge is -2.05. The quantitative estimate of drug-likeness (QED) is 0.337. The molecule has 0 unspecified atom stereocenters. The first-order valence-electron chi connectivity index (χ1n) is 8.61. The molecule has 0 fully saturated rings. The third kappa shape index (κ3) is 3.60. The van der Waals surface area contributed by atoms with E-state index in [1.807, 2.05) is 48.5 Å². The van der Waals surface area contributed by atoms with Gasteiger partial charge in [0.15, 0.2) is 0 Å². The maximum absolute atomic E-state index is 4.53. The summed E-state index contributed by atoms with van der Waals surface area (Å²) >= 11 is 0. The van der Waals surface area contributed by atoms with Gasteiger partial charge in [0.2, 0.25) is 0 Å². The van der Waals surface area contributed by atoms with Gasteiger partial charge in [-0.05, 0) is 22.4 Å². The Labute approximate surface area is 153 Å². The summed E-state index contributed by atoms with van der Waals surface area (Å²) in [7, 11) is 0. The molecule has 0 atom stereocenters. The van der Waals surface area contributed by atoms with Crippen LogP contribution in [0.1, 0.15) is 16.7 Å². The SMILES string of the molecule is C(=N/N=C(c1ccccc1)c1ccccc1)/c1ccc2ccccc2c1. The maximum atomic E-state index is 4.53. The van der Waals surface area contributed by atoms with E-state index in [2.05, 4.69) is 64.8 Å². The van der Waals surface area contributed by atoms with Crippen molar-refractivity contribution in [2.45, 2.75) is 0 Å². The normalized spacial score (nSPS) is 10.9. The topological polar surface area (TPSA) is 24.7 Å². The molecular formula is C24H18N2. The number of rotatable bonds is 4. The molecule has 0 aliphatic rings. The Morgan fingerprint density at radius 2 is 1.15 bits per heavy atom. The van der Waals surface area contributed by atoms with E-state index in [9.17, 15) is 0 Å². The van der Waals surface area contributed by atoms with Crippen LogP contribution in [-0.2, 0) is 0 Å². The van der Waals surface area contributed by atoms with E-state index in [0.717, 1.165) is 22.4 Å². The van der Waals surface area contributed by atoms with Crippen molar-refractivity contribution in [3.8, 4) is 0 Å². The average Bonchev–Trinajstić information content (AvgIpc) is 2.72. The molecule has 0 aromatic heterocycles. The average molecular weight is 334 g/mol. The molecule has 0 amide bonds. The highest BCUT2D eigenvalue weighted by molar-refractivity contribution is 6.13. The van der Waals surface area contributed by atoms with Crippen molar-refractivity contribution >= 4 is 22.7 Å². The van der Waals surface area contributed by atoms with Crippen LogP contribution in [0.4, 0.5) is 0 Å². The predicted octanol–water partition coefficient (Wildman–Crippen LogP) is 5.71. The second-order valence-electron chi connectivity index (χ2n) is 6.03. The highest BCUT2D eigenvalue weighted by Crippen LogP contribution is 2.15. The number of benzene rings is 4. The van der Waals surface area contributed by atoms with Crippen LogP contribution in [0.15, 0.2) is 113 Å². The van der Waals surface area contributed by atoms with Crippen LogP contribution in [0.3, 0.4) is 0 Å². The Hall–Kier alpha value is -3.52. The van der Waals surface area contributed by atoms with Crippen LogP contribution < -0.4 is 0 Å². The van der Waals surface area contributed by atoms with Crippen LogP contribution in [0.5, 0.6) is 0 Å². The minimum atomic E-state index is 0.864. The molecule has 4 aromatic carbocycles. The number of fused-ring (bicyclic) bond motifs is 1. The van der Waals surface area contributed by atoms with Gasteiger partial charge in [0, 0.05) is 11.1 Å². The Bertz CT molecular complexity index is 1020. The first kappa shape index (κ1) is 16.0. The first-order chi connectivity index (χ1) is 12.9. The summed E-state index contributed by atoms with van der Waals surface area (Å²) in [4.78, 5) is 0. The molecule has 0 radical (unpaired) electrons. The molecule has 2 nitrogen and oxygen atoms in total. The van der Waals surface area contributed by atoms with Crippen molar-refractivity contribution in [2.24, 2.45) is 10.2 Å². The van der Waals surface area contributed by atoms with Crippen molar-refractivity contribution < 1.29 is 0 Å².